The highest BCUT2D eigenvalue weighted by atomic mass is 35.5. The summed E-state index contributed by atoms with van der Waals surface area (Å²) in [6.45, 7) is 7.84. The molecular formula is C17H20ClNO2. The molecule has 0 saturated carbocycles. The van der Waals surface area contributed by atoms with Crippen LogP contribution < -0.4 is 4.74 Å². The summed E-state index contributed by atoms with van der Waals surface area (Å²) in [5.41, 5.74) is 2.77. The maximum absolute atomic E-state index is 9.62. The molecular weight excluding hydrogens is 286 g/mol. The van der Waals surface area contributed by atoms with Crippen LogP contribution in [0.4, 0.5) is 0 Å². The summed E-state index contributed by atoms with van der Waals surface area (Å²) in [5, 5.41) is 10.4. The number of pyridine rings is 1. The molecule has 1 aromatic heterocycles. The molecule has 1 N–H and O–H groups in total. The van der Waals surface area contributed by atoms with Crippen molar-refractivity contribution in [3.8, 4) is 11.6 Å². The van der Waals surface area contributed by atoms with E-state index in [1.165, 1.54) is 0 Å². The number of hydrogen-bond acceptors (Lipinski definition) is 3. The lowest BCUT2D eigenvalue weighted by Gasteiger charge is -2.14. The first-order chi connectivity index (χ1) is 9.88. The number of aliphatic hydroxyl groups is 1. The predicted molar refractivity (Wildman–Crippen MR) is 85.2 cm³/mol. The lowest BCUT2D eigenvalue weighted by atomic mass is 10.0. The number of halogens is 1. The third-order valence-corrected chi connectivity index (χ3v) is 3.70. The van der Waals surface area contributed by atoms with Crippen LogP contribution in [0, 0.1) is 6.92 Å². The van der Waals surface area contributed by atoms with Crippen molar-refractivity contribution >= 4 is 11.6 Å². The van der Waals surface area contributed by atoms with Crippen LogP contribution in [0.1, 0.15) is 49.5 Å². The van der Waals surface area contributed by atoms with E-state index in [1.54, 1.807) is 25.3 Å². The van der Waals surface area contributed by atoms with Gasteiger partial charge in [-0.05, 0) is 54.7 Å². The average molecular weight is 306 g/mol. The molecule has 0 saturated heterocycles. The normalized spacial score (nSPS) is 12.5. The summed E-state index contributed by atoms with van der Waals surface area (Å²) in [5.74, 6) is 1.52. The van der Waals surface area contributed by atoms with Crippen molar-refractivity contribution in [2.45, 2.75) is 39.7 Å². The van der Waals surface area contributed by atoms with Gasteiger partial charge >= 0.3 is 0 Å². The molecule has 1 heterocycles. The molecule has 0 amide bonds. The van der Waals surface area contributed by atoms with E-state index < -0.39 is 6.10 Å². The Kier molecular flexibility index (Phi) is 4.86. The molecule has 0 aliphatic heterocycles. The second-order valence-corrected chi connectivity index (χ2v) is 5.91. The number of aryl methyl sites for hydroxylation is 1. The minimum absolute atomic E-state index is 0.317. The molecule has 0 bridgehead atoms. The summed E-state index contributed by atoms with van der Waals surface area (Å²) in [4.78, 5) is 4.19. The van der Waals surface area contributed by atoms with Crippen molar-refractivity contribution in [3.63, 3.8) is 0 Å². The standard InChI is InChI=1S/C17H20ClNO2/c1-10(2)14-9-16(11(3)7-15(14)18)21-17-8-13(12(4)20)5-6-19-17/h5-10,12,20H,1-4H3/t12-/m0/s1. The van der Waals surface area contributed by atoms with Crippen LogP contribution in [-0.4, -0.2) is 10.1 Å². The smallest absolute Gasteiger partial charge is 0.219 e. The molecule has 2 rings (SSSR count). The molecule has 0 spiro atoms. The molecule has 0 aliphatic rings. The van der Waals surface area contributed by atoms with Gasteiger partial charge in [0.15, 0.2) is 0 Å². The highest BCUT2D eigenvalue weighted by molar-refractivity contribution is 6.31. The Hall–Kier alpha value is -1.58. The first-order valence-electron chi connectivity index (χ1n) is 7.00. The Morgan fingerprint density at radius 3 is 2.52 bits per heavy atom. The van der Waals surface area contributed by atoms with E-state index in [2.05, 4.69) is 18.8 Å². The van der Waals surface area contributed by atoms with Crippen molar-refractivity contribution < 1.29 is 9.84 Å². The lowest BCUT2D eigenvalue weighted by molar-refractivity contribution is 0.198. The van der Waals surface area contributed by atoms with E-state index in [4.69, 9.17) is 16.3 Å². The summed E-state index contributed by atoms with van der Waals surface area (Å²) in [6, 6.07) is 7.38. The topological polar surface area (TPSA) is 42.4 Å². The van der Waals surface area contributed by atoms with Crippen LogP contribution >= 0.6 is 11.6 Å². The minimum Gasteiger partial charge on any atom is -0.439 e. The van der Waals surface area contributed by atoms with Crippen molar-refractivity contribution in [1.29, 1.82) is 0 Å². The number of benzene rings is 1. The summed E-state index contributed by atoms with van der Waals surface area (Å²) < 4.78 is 5.86. The van der Waals surface area contributed by atoms with E-state index in [0.29, 0.717) is 11.8 Å². The van der Waals surface area contributed by atoms with Crippen LogP contribution in [-0.2, 0) is 0 Å². The minimum atomic E-state index is -0.548. The first kappa shape index (κ1) is 15.8. The van der Waals surface area contributed by atoms with Gasteiger partial charge in [-0.2, -0.15) is 0 Å². The zero-order valence-electron chi connectivity index (χ0n) is 12.7. The summed E-state index contributed by atoms with van der Waals surface area (Å²) in [7, 11) is 0. The van der Waals surface area contributed by atoms with Gasteiger partial charge in [-0.3, -0.25) is 0 Å². The summed E-state index contributed by atoms with van der Waals surface area (Å²) in [6.07, 6.45) is 1.08. The highest BCUT2D eigenvalue weighted by Crippen LogP contribution is 2.33. The van der Waals surface area contributed by atoms with Gasteiger partial charge in [-0.25, -0.2) is 4.98 Å². The van der Waals surface area contributed by atoms with Crippen LogP contribution in [0.25, 0.3) is 0 Å². The lowest BCUT2D eigenvalue weighted by Crippen LogP contribution is -1.97. The number of ether oxygens (including phenoxy) is 1. The second-order valence-electron chi connectivity index (χ2n) is 5.50. The Bertz CT molecular complexity index is 639. The molecule has 4 heteroatoms. The van der Waals surface area contributed by atoms with E-state index >= 15 is 0 Å². The fraction of sp³-hybridized carbons (Fsp3) is 0.353. The van der Waals surface area contributed by atoms with Crippen LogP contribution in [0.5, 0.6) is 11.6 Å². The maximum Gasteiger partial charge on any atom is 0.219 e. The number of hydrogen-bond donors (Lipinski definition) is 1. The van der Waals surface area contributed by atoms with Crippen LogP contribution in [0.15, 0.2) is 30.5 Å². The van der Waals surface area contributed by atoms with E-state index in [0.717, 1.165) is 27.5 Å². The zero-order chi connectivity index (χ0) is 15.6. The Morgan fingerprint density at radius 2 is 1.90 bits per heavy atom. The van der Waals surface area contributed by atoms with Crippen molar-refractivity contribution in [2.75, 3.05) is 0 Å². The molecule has 0 fully saturated rings. The molecule has 0 aliphatic carbocycles. The van der Waals surface area contributed by atoms with E-state index in [1.807, 2.05) is 19.1 Å². The average Bonchev–Trinajstić information content (AvgIpc) is 2.41. The monoisotopic (exact) mass is 305 g/mol. The van der Waals surface area contributed by atoms with Gasteiger partial charge in [0, 0.05) is 17.3 Å². The van der Waals surface area contributed by atoms with Gasteiger partial charge in [-0.15, -0.1) is 0 Å². The van der Waals surface area contributed by atoms with Gasteiger partial charge < -0.3 is 9.84 Å². The van der Waals surface area contributed by atoms with E-state index in [9.17, 15) is 5.11 Å². The fourth-order valence-electron chi connectivity index (χ4n) is 2.07. The van der Waals surface area contributed by atoms with Gasteiger partial charge in [-0.1, -0.05) is 25.4 Å². The van der Waals surface area contributed by atoms with Gasteiger partial charge in [0.1, 0.15) is 5.75 Å². The van der Waals surface area contributed by atoms with Gasteiger partial charge in [0.2, 0.25) is 5.88 Å². The molecule has 0 radical (unpaired) electrons. The quantitative estimate of drug-likeness (QED) is 0.863. The number of nitrogens with zero attached hydrogens (tertiary/aromatic N) is 1. The molecule has 0 unspecified atom stereocenters. The van der Waals surface area contributed by atoms with Crippen molar-refractivity contribution in [2.24, 2.45) is 0 Å². The predicted octanol–water partition coefficient (Wildman–Crippen LogP) is 5.01. The second kappa shape index (κ2) is 6.46. The number of aliphatic hydroxyl groups excluding tert-OH is 1. The molecule has 2 aromatic rings. The zero-order valence-corrected chi connectivity index (χ0v) is 13.5. The molecule has 21 heavy (non-hydrogen) atoms. The Morgan fingerprint density at radius 1 is 1.19 bits per heavy atom. The Balaban J connectivity index is 2.35. The van der Waals surface area contributed by atoms with Crippen LogP contribution in [0.2, 0.25) is 5.02 Å². The third-order valence-electron chi connectivity index (χ3n) is 3.37. The molecule has 1 atom stereocenters. The maximum atomic E-state index is 9.62. The summed E-state index contributed by atoms with van der Waals surface area (Å²) >= 11 is 6.26. The highest BCUT2D eigenvalue weighted by Gasteiger charge is 2.12. The molecule has 3 nitrogen and oxygen atoms in total. The van der Waals surface area contributed by atoms with Crippen molar-refractivity contribution in [3.05, 3.63) is 52.2 Å². The number of aromatic nitrogens is 1. The first-order valence-corrected chi connectivity index (χ1v) is 7.38. The third kappa shape index (κ3) is 3.74. The van der Waals surface area contributed by atoms with Gasteiger partial charge in [0.25, 0.3) is 0 Å². The largest absolute Gasteiger partial charge is 0.439 e. The van der Waals surface area contributed by atoms with E-state index in [-0.39, 0.29) is 0 Å². The number of rotatable bonds is 4. The van der Waals surface area contributed by atoms with Gasteiger partial charge in [0.05, 0.1) is 6.10 Å². The molecule has 112 valence electrons. The Labute approximate surface area is 130 Å². The molecule has 1 aromatic carbocycles. The fourth-order valence-corrected chi connectivity index (χ4v) is 2.51. The SMILES string of the molecule is Cc1cc(Cl)c(C(C)C)cc1Oc1cc([C@H](C)O)ccn1. The van der Waals surface area contributed by atoms with Crippen LogP contribution in [0.3, 0.4) is 0 Å². The van der Waals surface area contributed by atoms with Crippen molar-refractivity contribution in [1.82, 2.24) is 4.98 Å².